The van der Waals surface area contributed by atoms with Crippen molar-refractivity contribution in [3.8, 4) is 5.69 Å². The highest BCUT2D eigenvalue weighted by atomic mass is 32.2. The molecule has 0 spiro atoms. The second-order valence-electron chi connectivity index (χ2n) is 7.04. The number of amides is 2. The number of anilines is 1. The molecule has 2 aromatic heterocycles. The summed E-state index contributed by atoms with van der Waals surface area (Å²) in [6.45, 7) is 4.08. The molecule has 0 saturated heterocycles. The van der Waals surface area contributed by atoms with Gasteiger partial charge in [-0.15, -0.1) is 0 Å². The van der Waals surface area contributed by atoms with Gasteiger partial charge in [-0.25, -0.2) is 14.6 Å². The normalized spacial score (nSPS) is 10.9. The molecule has 0 radical (unpaired) electrons. The number of aryl methyl sites for hydroxylation is 2. The number of benzene rings is 2. The predicted molar refractivity (Wildman–Crippen MR) is 120 cm³/mol. The lowest BCUT2D eigenvalue weighted by molar-refractivity contribution is -0.113. The third-order valence-corrected chi connectivity index (χ3v) is 5.71. The Hall–Kier alpha value is -3.72. The van der Waals surface area contributed by atoms with E-state index >= 15 is 0 Å². The van der Waals surface area contributed by atoms with E-state index in [0.717, 1.165) is 16.6 Å². The third kappa shape index (κ3) is 4.41. The first-order valence-electron chi connectivity index (χ1n) is 9.51. The van der Waals surface area contributed by atoms with E-state index < -0.39 is 5.91 Å². The Bertz CT molecular complexity index is 1280. The molecule has 31 heavy (non-hydrogen) atoms. The second kappa shape index (κ2) is 8.57. The van der Waals surface area contributed by atoms with Gasteiger partial charge in [0, 0.05) is 11.3 Å². The van der Waals surface area contributed by atoms with Crippen molar-refractivity contribution in [2.45, 2.75) is 18.9 Å². The monoisotopic (exact) mass is 432 g/mol. The predicted octanol–water partition coefficient (Wildman–Crippen LogP) is 3.26. The Morgan fingerprint density at radius 2 is 1.87 bits per heavy atom. The minimum Gasteiger partial charge on any atom is -0.366 e. The van der Waals surface area contributed by atoms with Gasteiger partial charge < -0.3 is 11.1 Å². The maximum Gasteiger partial charge on any atom is 0.248 e. The van der Waals surface area contributed by atoms with Gasteiger partial charge in [-0.1, -0.05) is 29.5 Å². The van der Waals surface area contributed by atoms with E-state index in [1.54, 1.807) is 35.1 Å². The summed E-state index contributed by atoms with van der Waals surface area (Å²) >= 11 is 1.31. The number of aromatic nitrogens is 4. The van der Waals surface area contributed by atoms with Crippen LogP contribution in [0.5, 0.6) is 0 Å². The van der Waals surface area contributed by atoms with E-state index in [1.165, 1.54) is 23.7 Å². The van der Waals surface area contributed by atoms with Crippen molar-refractivity contribution in [2.24, 2.45) is 5.73 Å². The zero-order valence-corrected chi connectivity index (χ0v) is 17.8. The first kappa shape index (κ1) is 20.5. The van der Waals surface area contributed by atoms with Gasteiger partial charge in [-0.05, 0) is 49.7 Å². The third-order valence-electron chi connectivity index (χ3n) is 4.70. The minimum atomic E-state index is -0.511. The molecule has 156 valence electrons. The second-order valence-corrected chi connectivity index (χ2v) is 8.00. The highest BCUT2D eigenvalue weighted by Crippen LogP contribution is 2.27. The van der Waals surface area contributed by atoms with E-state index in [2.05, 4.69) is 26.4 Å². The zero-order chi connectivity index (χ0) is 22.0. The van der Waals surface area contributed by atoms with Crippen molar-refractivity contribution < 1.29 is 9.59 Å². The van der Waals surface area contributed by atoms with E-state index in [9.17, 15) is 9.59 Å². The fourth-order valence-electron chi connectivity index (χ4n) is 3.21. The fraction of sp³-hybridized carbons (Fsp3) is 0.136. The number of carbonyl (C=O) groups is 2. The first-order chi connectivity index (χ1) is 14.9. The van der Waals surface area contributed by atoms with Crippen LogP contribution in [0.15, 0.2) is 60.0 Å². The van der Waals surface area contributed by atoms with Crippen LogP contribution in [0, 0.1) is 13.8 Å². The van der Waals surface area contributed by atoms with Gasteiger partial charge in [-0.3, -0.25) is 9.59 Å². The van der Waals surface area contributed by atoms with Crippen LogP contribution in [-0.4, -0.2) is 37.3 Å². The lowest BCUT2D eigenvalue weighted by Crippen LogP contribution is -2.15. The number of carbonyl (C=O) groups excluding carboxylic acids is 2. The summed E-state index contributed by atoms with van der Waals surface area (Å²) in [6, 6.07) is 12.6. The Balaban J connectivity index is 1.49. The molecule has 8 nitrogen and oxygen atoms in total. The molecule has 9 heteroatoms. The Kier molecular flexibility index (Phi) is 5.68. The smallest absolute Gasteiger partial charge is 0.248 e. The maximum absolute atomic E-state index is 12.4. The molecule has 0 unspecified atom stereocenters. The summed E-state index contributed by atoms with van der Waals surface area (Å²) in [7, 11) is 0. The standard InChI is InChI=1S/C22H20N6O2S/c1-13-3-8-18(14(2)9-13)28-21-17(10-26-28)22(25-12-24-21)31-11-19(29)27-16-6-4-15(5-7-16)20(23)30/h3-10,12H,11H2,1-2H3,(H2,23,30)(H,27,29). The van der Waals surface area contributed by atoms with Crippen molar-refractivity contribution in [2.75, 3.05) is 11.1 Å². The molecule has 0 saturated carbocycles. The summed E-state index contributed by atoms with van der Waals surface area (Å²) in [5.74, 6) is -0.536. The molecule has 0 atom stereocenters. The number of hydrogen-bond donors (Lipinski definition) is 2. The highest BCUT2D eigenvalue weighted by Gasteiger charge is 2.14. The van der Waals surface area contributed by atoms with Crippen LogP contribution in [0.3, 0.4) is 0 Å². The molecule has 0 aliphatic heterocycles. The first-order valence-corrected chi connectivity index (χ1v) is 10.5. The fourth-order valence-corrected chi connectivity index (χ4v) is 3.97. The van der Waals surface area contributed by atoms with Crippen molar-refractivity contribution in [3.05, 3.63) is 71.7 Å². The Labute approximate surface area is 182 Å². The molecule has 4 rings (SSSR count). The van der Waals surface area contributed by atoms with Crippen LogP contribution >= 0.6 is 11.8 Å². The molecular weight excluding hydrogens is 412 g/mol. The average Bonchev–Trinajstić information content (AvgIpc) is 3.17. The topological polar surface area (TPSA) is 116 Å². The van der Waals surface area contributed by atoms with Crippen LogP contribution < -0.4 is 11.1 Å². The van der Waals surface area contributed by atoms with Crippen LogP contribution in [0.2, 0.25) is 0 Å². The Morgan fingerprint density at radius 3 is 2.58 bits per heavy atom. The molecule has 0 aliphatic carbocycles. The van der Waals surface area contributed by atoms with Gasteiger partial charge in [0.1, 0.15) is 11.4 Å². The number of nitrogens with two attached hydrogens (primary N) is 1. The summed E-state index contributed by atoms with van der Waals surface area (Å²) < 4.78 is 1.79. The van der Waals surface area contributed by atoms with Gasteiger partial charge in [-0.2, -0.15) is 5.10 Å². The number of nitrogens with zero attached hydrogens (tertiary/aromatic N) is 4. The molecule has 3 N–H and O–H groups in total. The van der Waals surface area contributed by atoms with Gasteiger partial charge in [0.05, 0.1) is 23.0 Å². The van der Waals surface area contributed by atoms with E-state index in [4.69, 9.17) is 5.73 Å². The van der Waals surface area contributed by atoms with E-state index in [0.29, 0.717) is 21.9 Å². The van der Waals surface area contributed by atoms with Crippen LogP contribution in [0.25, 0.3) is 16.7 Å². The summed E-state index contributed by atoms with van der Waals surface area (Å²) in [6.07, 6.45) is 3.20. The number of thioether (sulfide) groups is 1. The lowest BCUT2D eigenvalue weighted by Gasteiger charge is -2.08. The van der Waals surface area contributed by atoms with Crippen LogP contribution in [-0.2, 0) is 4.79 Å². The SMILES string of the molecule is Cc1ccc(-n2ncc3c(SCC(=O)Nc4ccc(C(N)=O)cc4)ncnc32)c(C)c1. The van der Waals surface area contributed by atoms with Gasteiger partial charge in [0.2, 0.25) is 11.8 Å². The van der Waals surface area contributed by atoms with Gasteiger partial charge >= 0.3 is 0 Å². The maximum atomic E-state index is 12.4. The quantitative estimate of drug-likeness (QED) is 0.357. The highest BCUT2D eigenvalue weighted by molar-refractivity contribution is 8.00. The average molecular weight is 433 g/mol. The van der Waals surface area contributed by atoms with E-state index in [-0.39, 0.29) is 11.7 Å². The van der Waals surface area contributed by atoms with Crippen molar-refractivity contribution in [1.29, 1.82) is 0 Å². The number of hydrogen-bond acceptors (Lipinski definition) is 6. The molecule has 2 amide bonds. The zero-order valence-electron chi connectivity index (χ0n) is 17.0. The number of fused-ring (bicyclic) bond motifs is 1. The van der Waals surface area contributed by atoms with Crippen LogP contribution in [0.4, 0.5) is 5.69 Å². The van der Waals surface area contributed by atoms with Crippen molar-refractivity contribution >= 4 is 40.3 Å². The largest absolute Gasteiger partial charge is 0.366 e. The molecule has 0 aliphatic rings. The molecule has 2 aromatic carbocycles. The molecule has 0 fully saturated rings. The summed E-state index contributed by atoms with van der Waals surface area (Å²) in [5, 5.41) is 8.75. The van der Waals surface area contributed by atoms with Gasteiger partial charge in [0.25, 0.3) is 0 Å². The number of rotatable bonds is 6. The minimum absolute atomic E-state index is 0.165. The molecular formula is C22H20N6O2S. The lowest BCUT2D eigenvalue weighted by atomic mass is 10.1. The molecule has 4 aromatic rings. The number of nitrogens with one attached hydrogen (secondary N) is 1. The molecule has 0 bridgehead atoms. The summed E-state index contributed by atoms with van der Waals surface area (Å²) in [4.78, 5) is 32.2. The Morgan fingerprint density at radius 1 is 1.10 bits per heavy atom. The summed E-state index contributed by atoms with van der Waals surface area (Å²) in [5.41, 5.74) is 10.1. The van der Waals surface area contributed by atoms with Crippen molar-refractivity contribution in [1.82, 2.24) is 19.7 Å². The molecule has 2 heterocycles. The number of primary amides is 1. The van der Waals surface area contributed by atoms with Crippen molar-refractivity contribution in [3.63, 3.8) is 0 Å². The van der Waals surface area contributed by atoms with Gasteiger partial charge in [0.15, 0.2) is 5.65 Å². The van der Waals surface area contributed by atoms with E-state index in [1.807, 2.05) is 26.0 Å². The van der Waals surface area contributed by atoms with Crippen LogP contribution in [0.1, 0.15) is 21.5 Å².